The lowest BCUT2D eigenvalue weighted by atomic mass is 9.94. The number of hydrogen-bond acceptors (Lipinski definition) is 3. The van der Waals surface area contributed by atoms with Crippen molar-refractivity contribution in [1.29, 1.82) is 0 Å². The lowest BCUT2D eigenvalue weighted by molar-refractivity contribution is -0.286. The van der Waals surface area contributed by atoms with E-state index >= 15 is 0 Å². The van der Waals surface area contributed by atoms with Crippen LogP contribution in [0.5, 0.6) is 0 Å². The zero-order valence-electron chi connectivity index (χ0n) is 11.4. The van der Waals surface area contributed by atoms with Crippen molar-refractivity contribution >= 4 is 0 Å². The predicted octanol–water partition coefficient (Wildman–Crippen LogP) is 2.24. The van der Waals surface area contributed by atoms with Crippen molar-refractivity contribution in [3.63, 3.8) is 0 Å². The molecular formula is C14H19F2NO2. The van der Waals surface area contributed by atoms with E-state index in [1.54, 1.807) is 6.92 Å². The van der Waals surface area contributed by atoms with Gasteiger partial charge in [-0.25, -0.2) is 8.78 Å². The van der Waals surface area contributed by atoms with E-state index in [-0.39, 0.29) is 17.6 Å². The van der Waals surface area contributed by atoms with Crippen LogP contribution in [0.15, 0.2) is 18.2 Å². The Bertz CT molecular complexity index is 449. The molecular weight excluding hydrogens is 252 g/mol. The molecule has 1 fully saturated rings. The van der Waals surface area contributed by atoms with Gasteiger partial charge >= 0.3 is 0 Å². The predicted molar refractivity (Wildman–Crippen MR) is 67.5 cm³/mol. The summed E-state index contributed by atoms with van der Waals surface area (Å²) in [7, 11) is 0. The fourth-order valence-corrected chi connectivity index (χ4v) is 2.74. The highest BCUT2D eigenvalue weighted by Crippen LogP contribution is 2.35. The van der Waals surface area contributed by atoms with Crippen molar-refractivity contribution < 1.29 is 18.6 Å². The van der Waals surface area contributed by atoms with Gasteiger partial charge in [0.1, 0.15) is 11.6 Å². The van der Waals surface area contributed by atoms with Crippen molar-refractivity contribution in [3.8, 4) is 0 Å². The molecule has 2 rings (SSSR count). The zero-order valence-corrected chi connectivity index (χ0v) is 11.4. The van der Waals surface area contributed by atoms with Gasteiger partial charge in [0.2, 0.25) is 5.79 Å². The van der Waals surface area contributed by atoms with Crippen LogP contribution in [0, 0.1) is 11.6 Å². The van der Waals surface area contributed by atoms with Crippen LogP contribution >= 0.6 is 0 Å². The Morgan fingerprint density at radius 1 is 1.32 bits per heavy atom. The summed E-state index contributed by atoms with van der Waals surface area (Å²) in [5.41, 5.74) is 0.114. The van der Waals surface area contributed by atoms with E-state index in [1.807, 2.05) is 18.7 Å². The molecule has 0 amide bonds. The van der Waals surface area contributed by atoms with E-state index < -0.39 is 17.4 Å². The summed E-state index contributed by atoms with van der Waals surface area (Å²) < 4.78 is 32.1. The number of rotatable bonds is 2. The minimum absolute atomic E-state index is 0.114. The van der Waals surface area contributed by atoms with E-state index in [0.29, 0.717) is 6.61 Å². The third-order valence-electron chi connectivity index (χ3n) is 3.82. The maximum Gasteiger partial charge on any atom is 0.208 e. The van der Waals surface area contributed by atoms with Crippen LogP contribution in [0.4, 0.5) is 8.78 Å². The van der Waals surface area contributed by atoms with Crippen molar-refractivity contribution in [1.82, 2.24) is 4.90 Å². The summed E-state index contributed by atoms with van der Waals surface area (Å²) in [6, 6.07) is 2.77. The van der Waals surface area contributed by atoms with E-state index in [2.05, 4.69) is 0 Å². The van der Waals surface area contributed by atoms with Crippen LogP contribution in [0.3, 0.4) is 0 Å². The molecule has 1 aromatic carbocycles. The Morgan fingerprint density at radius 3 is 2.42 bits per heavy atom. The zero-order chi connectivity index (χ0) is 14.2. The highest BCUT2D eigenvalue weighted by atomic mass is 19.1. The molecule has 1 aliphatic rings. The minimum Gasteiger partial charge on any atom is -0.361 e. The van der Waals surface area contributed by atoms with Crippen LogP contribution < -0.4 is 0 Å². The second-order valence-electron chi connectivity index (χ2n) is 5.02. The van der Waals surface area contributed by atoms with E-state index in [9.17, 15) is 13.9 Å². The molecule has 0 unspecified atom stereocenters. The van der Waals surface area contributed by atoms with E-state index in [4.69, 9.17) is 4.74 Å². The van der Waals surface area contributed by atoms with Gasteiger partial charge in [0.25, 0.3) is 0 Å². The first-order valence-electron chi connectivity index (χ1n) is 6.47. The summed E-state index contributed by atoms with van der Waals surface area (Å²) in [6.45, 7) is 6.80. The highest BCUT2D eigenvalue weighted by molar-refractivity contribution is 5.24. The van der Waals surface area contributed by atoms with E-state index in [1.165, 1.54) is 0 Å². The van der Waals surface area contributed by atoms with Crippen molar-refractivity contribution in [2.45, 2.75) is 38.6 Å². The van der Waals surface area contributed by atoms with Gasteiger partial charge in [0.05, 0.1) is 12.6 Å². The quantitative estimate of drug-likeness (QED) is 0.895. The molecule has 3 atom stereocenters. The third kappa shape index (κ3) is 2.50. The van der Waals surface area contributed by atoms with Gasteiger partial charge in [-0.3, -0.25) is 4.90 Å². The van der Waals surface area contributed by atoms with Crippen molar-refractivity contribution in [2.75, 3.05) is 13.2 Å². The van der Waals surface area contributed by atoms with Crippen molar-refractivity contribution in [2.24, 2.45) is 0 Å². The van der Waals surface area contributed by atoms with Gasteiger partial charge in [0.15, 0.2) is 0 Å². The van der Waals surface area contributed by atoms with Gasteiger partial charge in [-0.1, -0.05) is 6.92 Å². The maximum atomic E-state index is 13.3. The Kier molecular flexibility index (Phi) is 3.90. The molecule has 106 valence electrons. The van der Waals surface area contributed by atoms with Crippen molar-refractivity contribution in [3.05, 3.63) is 35.4 Å². The van der Waals surface area contributed by atoms with Gasteiger partial charge in [-0.15, -0.1) is 0 Å². The molecule has 1 heterocycles. The van der Waals surface area contributed by atoms with E-state index in [0.717, 1.165) is 24.7 Å². The number of benzene rings is 1. The molecule has 19 heavy (non-hydrogen) atoms. The number of nitrogens with zero attached hydrogens (tertiary/aromatic N) is 1. The standard InChI is InChI=1S/C14H19F2NO2/c1-4-17-9(2)8-19-14(18,10(17)3)11-5-12(15)7-13(16)6-11/h5-7,9-10,18H,4,8H2,1-3H3/t9-,10+,14-/m1/s1. The van der Waals surface area contributed by atoms with Gasteiger partial charge < -0.3 is 9.84 Å². The first kappa shape index (κ1) is 14.4. The lowest BCUT2D eigenvalue weighted by Crippen LogP contribution is -2.59. The Hall–Kier alpha value is -1.04. The molecule has 3 nitrogen and oxygen atoms in total. The number of hydrogen-bond donors (Lipinski definition) is 1. The average Bonchev–Trinajstić information content (AvgIpc) is 2.34. The molecule has 1 saturated heterocycles. The number of aliphatic hydroxyl groups is 1. The van der Waals surface area contributed by atoms with Crippen LogP contribution in [0.2, 0.25) is 0 Å². The first-order chi connectivity index (χ1) is 8.88. The monoisotopic (exact) mass is 271 g/mol. The summed E-state index contributed by atoms with van der Waals surface area (Å²) in [4.78, 5) is 2.05. The topological polar surface area (TPSA) is 32.7 Å². The summed E-state index contributed by atoms with van der Waals surface area (Å²) in [5.74, 6) is -3.13. The molecule has 0 radical (unpaired) electrons. The van der Waals surface area contributed by atoms with Gasteiger partial charge in [-0.2, -0.15) is 0 Å². The Morgan fingerprint density at radius 2 is 1.89 bits per heavy atom. The molecule has 5 heteroatoms. The Labute approximate surface area is 111 Å². The first-order valence-corrected chi connectivity index (χ1v) is 6.47. The summed E-state index contributed by atoms with van der Waals surface area (Å²) >= 11 is 0. The molecule has 1 N–H and O–H groups in total. The molecule has 0 spiro atoms. The molecule has 0 aliphatic carbocycles. The fourth-order valence-electron chi connectivity index (χ4n) is 2.74. The summed E-state index contributed by atoms with van der Waals surface area (Å²) in [6.07, 6.45) is 0. The second kappa shape index (κ2) is 5.15. The largest absolute Gasteiger partial charge is 0.361 e. The SMILES string of the molecule is CCN1[C@H](C)CO[C@@](O)(c2cc(F)cc(F)c2)[C@@H]1C. The van der Waals surface area contributed by atoms with Crippen LogP contribution in [-0.4, -0.2) is 35.2 Å². The second-order valence-corrected chi connectivity index (χ2v) is 5.02. The smallest absolute Gasteiger partial charge is 0.208 e. The maximum absolute atomic E-state index is 13.3. The van der Waals surface area contributed by atoms with Crippen LogP contribution in [0.25, 0.3) is 0 Å². The van der Waals surface area contributed by atoms with Crippen LogP contribution in [-0.2, 0) is 10.5 Å². The number of halogens is 2. The number of morpholine rings is 1. The Balaban J connectivity index is 2.40. The minimum atomic E-state index is -1.69. The lowest BCUT2D eigenvalue weighted by Gasteiger charge is -2.48. The molecule has 1 aromatic rings. The average molecular weight is 271 g/mol. The van der Waals surface area contributed by atoms with Gasteiger partial charge in [0, 0.05) is 17.7 Å². The normalized spacial score (nSPS) is 32.5. The molecule has 1 aliphatic heterocycles. The fraction of sp³-hybridized carbons (Fsp3) is 0.571. The molecule has 0 bridgehead atoms. The highest BCUT2D eigenvalue weighted by Gasteiger charge is 2.45. The number of likely N-dealkylation sites (N-methyl/N-ethyl adjacent to an activating group) is 1. The molecule has 0 aromatic heterocycles. The summed E-state index contributed by atoms with van der Waals surface area (Å²) in [5, 5.41) is 10.7. The van der Waals surface area contributed by atoms with Crippen LogP contribution in [0.1, 0.15) is 26.3 Å². The third-order valence-corrected chi connectivity index (χ3v) is 3.82. The molecule has 0 saturated carbocycles. The number of ether oxygens (including phenoxy) is 1. The van der Waals surface area contributed by atoms with Gasteiger partial charge in [-0.05, 0) is 32.5 Å².